The van der Waals surface area contributed by atoms with Gasteiger partial charge >= 0.3 is 0 Å². The number of hydrogen-bond donors (Lipinski definition) is 2. The molecular weight excluding hydrogens is 298 g/mol. The van der Waals surface area contributed by atoms with Gasteiger partial charge in [0.1, 0.15) is 5.69 Å². The van der Waals surface area contributed by atoms with Crippen LogP contribution in [0, 0.1) is 10.1 Å². The van der Waals surface area contributed by atoms with Gasteiger partial charge in [-0.1, -0.05) is 0 Å². The van der Waals surface area contributed by atoms with Crippen LogP contribution in [0.1, 0.15) is 6.92 Å². The maximum absolute atomic E-state index is 12.1. The molecule has 0 unspecified atom stereocenters. The summed E-state index contributed by atoms with van der Waals surface area (Å²) in [6.45, 7) is 6.35. The Morgan fingerprint density at radius 2 is 2.00 bits per heavy atom. The SMILES string of the molecule is CCNc1ccc(NC(=O)CN2CCN(C)CC2)cc1[N+](=O)[O-]. The molecule has 1 amide bonds. The molecule has 8 nitrogen and oxygen atoms in total. The Morgan fingerprint density at radius 3 is 2.61 bits per heavy atom. The second-order valence-corrected chi connectivity index (χ2v) is 5.65. The molecule has 1 aromatic rings. The van der Waals surface area contributed by atoms with Gasteiger partial charge in [-0.2, -0.15) is 0 Å². The molecule has 1 saturated heterocycles. The predicted octanol–water partition coefficient (Wildman–Crippen LogP) is 1.21. The van der Waals surface area contributed by atoms with Crippen LogP contribution in [0.5, 0.6) is 0 Å². The molecule has 126 valence electrons. The van der Waals surface area contributed by atoms with E-state index in [0.29, 0.717) is 24.5 Å². The van der Waals surface area contributed by atoms with E-state index in [-0.39, 0.29) is 11.6 Å². The van der Waals surface area contributed by atoms with Crippen molar-refractivity contribution >= 4 is 23.0 Å². The number of nitro groups is 1. The van der Waals surface area contributed by atoms with Crippen molar-refractivity contribution in [3.8, 4) is 0 Å². The van der Waals surface area contributed by atoms with Gasteiger partial charge in [0.05, 0.1) is 11.5 Å². The number of carbonyl (C=O) groups excluding carboxylic acids is 1. The molecule has 1 aliphatic heterocycles. The molecule has 0 atom stereocenters. The smallest absolute Gasteiger partial charge is 0.294 e. The number of carbonyl (C=O) groups is 1. The largest absolute Gasteiger partial charge is 0.380 e. The summed E-state index contributed by atoms with van der Waals surface area (Å²) in [5.74, 6) is -0.153. The zero-order valence-electron chi connectivity index (χ0n) is 13.5. The van der Waals surface area contributed by atoms with Gasteiger partial charge in [0, 0.05) is 44.5 Å². The lowest BCUT2D eigenvalue weighted by molar-refractivity contribution is -0.383. The number of nitrogens with zero attached hydrogens (tertiary/aromatic N) is 3. The third-order valence-corrected chi connectivity index (χ3v) is 3.81. The fraction of sp³-hybridized carbons (Fsp3) is 0.533. The summed E-state index contributed by atoms with van der Waals surface area (Å²) in [6.07, 6.45) is 0. The van der Waals surface area contributed by atoms with Gasteiger partial charge in [0.25, 0.3) is 5.69 Å². The monoisotopic (exact) mass is 321 g/mol. The first-order valence-electron chi connectivity index (χ1n) is 7.72. The maximum Gasteiger partial charge on any atom is 0.294 e. The maximum atomic E-state index is 12.1. The Morgan fingerprint density at radius 1 is 1.30 bits per heavy atom. The third-order valence-electron chi connectivity index (χ3n) is 3.81. The highest BCUT2D eigenvalue weighted by molar-refractivity contribution is 5.93. The summed E-state index contributed by atoms with van der Waals surface area (Å²) in [4.78, 5) is 27.1. The van der Waals surface area contributed by atoms with Gasteiger partial charge in [-0.25, -0.2) is 0 Å². The molecular formula is C15H23N5O3. The zero-order valence-corrected chi connectivity index (χ0v) is 13.5. The molecule has 1 aliphatic rings. The molecule has 0 aliphatic carbocycles. The van der Waals surface area contributed by atoms with Crippen molar-refractivity contribution in [1.29, 1.82) is 0 Å². The van der Waals surface area contributed by atoms with Crippen LogP contribution in [0.15, 0.2) is 18.2 Å². The van der Waals surface area contributed by atoms with Crippen LogP contribution in [0.4, 0.5) is 17.1 Å². The first-order valence-corrected chi connectivity index (χ1v) is 7.72. The molecule has 0 aromatic heterocycles. The number of anilines is 2. The van der Waals surface area contributed by atoms with Crippen molar-refractivity contribution in [3.63, 3.8) is 0 Å². The zero-order chi connectivity index (χ0) is 16.8. The molecule has 2 N–H and O–H groups in total. The molecule has 8 heteroatoms. The average molecular weight is 321 g/mol. The number of nitrogens with one attached hydrogen (secondary N) is 2. The van der Waals surface area contributed by atoms with Crippen LogP contribution in [0.2, 0.25) is 0 Å². The van der Waals surface area contributed by atoms with Crippen LogP contribution < -0.4 is 10.6 Å². The third kappa shape index (κ3) is 4.90. The summed E-state index contributed by atoms with van der Waals surface area (Å²) in [5, 5.41) is 16.8. The van der Waals surface area contributed by atoms with Crippen molar-refractivity contribution in [2.75, 3.05) is 56.9 Å². The highest BCUT2D eigenvalue weighted by atomic mass is 16.6. The van der Waals surface area contributed by atoms with Crippen molar-refractivity contribution in [3.05, 3.63) is 28.3 Å². The van der Waals surface area contributed by atoms with Crippen molar-refractivity contribution in [2.24, 2.45) is 0 Å². The first kappa shape index (κ1) is 17.2. The second kappa shape index (κ2) is 7.89. The number of likely N-dealkylation sites (N-methyl/N-ethyl adjacent to an activating group) is 1. The van der Waals surface area contributed by atoms with E-state index in [1.54, 1.807) is 12.1 Å². The topological polar surface area (TPSA) is 90.8 Å². The molecule has 0 spiro atoms. The highest BCUT2D eigenvalue weighted by Gasteiger charge is 2.18. The Bertz CT molecular complexity index is 570. The quantitative estimate of drug-likeness (QED) is 0.604. The Hall–Kier alpha value is -2.19. The molecule has 0 saturated carbocycles. The lowest BCUT2D eigenvalue weighted by atomic mass is 10.2. The molecule has 1 heterocycles. The Balaban J connectivity index is 1.97. The standard InChI is InChI=1S/C15H23N5O3/c1-3-16-13-5-4-12(10-14(13)20(22)23)17-15(21)11-19-8-6-18(2)7-9-19/h4-5,10,16H,3,6-9,11H2,1-2H3,(H,17,21). The lowest BCUT2D eigenvalue weighted by Crippen LogP contribution is -2.47. The average Bonchev–Trinajstić information content (AvgIpc) is 2.51. The molecule has 2 rings (SSSR count). The minimum atomic E-state index is -0.450. The van der Waals surface area contributed by atoms with Crippen LogP contribution in [0.3, 0.4) is 0 Å². The van der Waals surface area contributed by atoms with E-state index in [1.165, 1.54) is 6.07 Å². The fourth-order valence-corrected chi connectivity index (χ4v) is 2.51. The number of amides is 1. The van der Waals surface area contributed by atoms with Crippen LogP contribution >= 0.6 is 0 Å². The van der Waals surface area contributed by atoms with Gasteiger partial charge in [0.2, 0.25) is 5.91 Å². The minimum absolute atomic E-state index is 0.0377. The number of rotatable bonds is 6. The lowest BCUT2D eigenvalue weighted by Gasteiger charge is -2.31. The normalized spacial score (nSPS) is 16.1. The van der Waals surface area contributed by atoms with Gasteiger partial charge < -0.3 is 15.5 Å². The van der Waals surface area contributed by atoms with E-state index in [2.05, 4.69) is 27.5 Å². The minimum Gasteiger partial charge on any atom is -0.380 e. The van der Waals surface area contributed by atoms with Gasteiger partial charge in [-0.05, 0) is 26.1 Å². The number of hydrogen-bond acceptors (Lipinski definition) is 6. The summed E-state index contributed by atoms with van der Waals surface area (Å²) < 4.78 is 0. The second-order valence-electron chi connectivity index (χ2n) is 5.65. The van der Waals surface area contributed by atoms with Gasteiger partial charge in [-0.3, -0.25) is 19.8 Å². The van der Waals surface area contributed by atoms with Crippen LogP contribution in [-0.2, 0) is 4.79 Å². The summed E-state index contributed by atoms with van der Waals surface area (Å²) in [7, 11) is 2.06. The Kier molecular flexibility index (Phi) is 5.89. The van der Waals surface area contributed by atoms with E-state index in [0.717, 1.165) is 26.2 Å². The summed E-state index contributed by atoms with van der Waals surface area (Å²) in [6, 6.07) is 4.68. The van der Waals surface area contributed by atoms with Crippen molar-refractivity contribution < 1.29 is 9.72 Å². The fourth-order valence-electron chi connectivity index (χ4n) is 2.51. The first-order chi connectivity index (χ1) is 11.0. The molecule has 0 bridgehead atoms. The molecule has 0 radical (unpaired) electrons. The number of nitro benzene ring substituents is 1. The van der Waals surface area contributed by atoms with Crippen molar-refractivity contribution in [2.45, 2.75) is 6.92 Å². The van der Waals surface area contributed by atoms with E-state index in [1.807, 2.05) is 6.92 Å². The van der Waals surface area contributed by atoms with Crippen LogP contribution in [-0.4, -0.2) is 66.9 Å². The number of piperazine rings is 1. The summed E-state index contributed by atoms with van der Waals surface area (Å²) in [5.41, 5.74) is 0.858. The van der Waals surface area contributed by atoms with Gasteiger partial charge in [-0.15, -0.1) is 0 Å². The molecule has 1 aromatic carbocycles. The Labute approximate surface area is 135 Å². The number of benzene rings is 1. The van der Waals surface area contributed by atoms with E-state index < -0.39 is 4.92 Å². The highest BCUT2D eigenvalue weighted by Crippen LogP contribution is 2.27. The molecule has 23 heavy (non-hydrogen) atoms. The van der Waals surface area contributed by atoms with Gasteiger partial charge in [0.15, 0.2) is 0 Å². The summed E-state index contributed by atoms with van der Waals surface area (Å²) >= 11 is 0. The van der Waals surface area contributed by atoms with Crippen molar-refractivity contribution in [1.82, 2.24) is 9.80 Å². The van der Waals surface area contributed by atoms with E-state index in [9.17, 15) is 14.9 Å². The van der Waals surface area contributed by atoms with E-state index >= 15 is 0 Å². The predicted molar refractivity (Wildman–Crippen MR) is 89.8 cm³/mol. The van der Waals surface area contributed by atoms with E-state index in [4.69, 9.17) is 0 Å². The molecule has 1 fully saturated rings. The van der Waals surface area contributed by atoms with Crippen LogP contribution in [0.25, 0.3) is 0 Å².